The number of hydrogen-bond donors (Lipinski definition) is 0. The molecule has 37 heavy (non-hydrogen) atoms. The molecule has 1 aromatic heterocycles. The van der Waals surface area contributed by atoms with Crippen LogP contribution in [0.1, 0.15) is 18.4 Å². The van der Waals surface area contributed by atoms with E-state index in [4.69, 9.17) is 34.8 Å². The van der Waals surface area contributed by atoms with Gasteiger partial charge in [-0.2, -0.15) is 20.1 Å². The number of aliphatic imine (C=N–C) groups is 1. The van der Waals surface area contributed by atoms with Crippen molar-refractivity contribution in [3.63, 3.8) is 0 Å². The minimum atomic E-state index is -4.79. The number of hydrogen-bond acceptors (Lipinski definition) is 7. The summed E-state index contributed by atoms with van der Waals surface area (Å²) in [5.74, 6) is -1.42. The van der Waals surface area contributed by atoms with Crippen molar-refractivity contribution < 1.29 is 22.3 Å². The van der Waals surface area contributed by atoms with E-state index >= 15 is 0 Å². The minimum Gasteiger partial charge on any atom is -0.406 e. The molecule has 1 heterocycles. The second-order valence-electron chi connectivity index (χ2n) is 7.65. The molecule has 0 N–H and O–H groups in total. The predicted molar refractivity (Wildman–Crippen MR) is 131 cm³/mol. The van der Waals surface area contributed by atoms with E-state index in [0.717, 1.165) is 12.1 Å². The topological polar surface area (TPSA) is 85.0 Å². The lowest BCUT2D eigenvalue weighted by Gasteiger charge is -2.14. The van der Waals surface area contributed by atoms with E-state index in [1.54, 1.807) is 6.08 Å². The average molecular weight is 574 g/mol. The first-order valence-corrected chi connectivity index (χ1v) is 11.8. The Hall–Kier alpha value is -3.15. The highest BCUT2D eigenvalue weighted by Gasteiger charge is 2.31. The molecule has 1 aliphatic rings. The van der Waals surface area contributed by atoms with Crippen molar-refractivity contribution in [3.8, 4) is 17.1 Å². The van der Waals surface area contributed by atoms with Crippen LogP contribution in [-0.2, 0) is 6.54 Å². The molecular weight excluding hydrogens is 559 g/mol. The lowest BCUT2D eigenvalue weighted by atomic mass is 10.1. The van der Waals surface area contributed by atoms with Crippen molar-refractivity contribution in [1.82, 2.24) is 15.0 Å². The molecular formula is C23H15Cl3F4N6O. The van der Waals surface area contributed by atoms with Gasteiger partial charge in [0.15, 0.2) is 5.82 Å². The molecule has 0 spiro atoms. The number of alkyl halides is 4. The van der Waals surface area contributed by atoms with Gasteiger partial charge in [0.1, 0.15) is 11.6 Å². The molecule has 1 unspecified atom stereocenters. The number of halogens is 7. The SMILES string of the molecule is Fc1cccc(Cl)c1-c1nc(N=NCc2ccc(OC(F)(F)F)cc2)nc(N=C2C=C(Cl)CC(Cl)C2)n1. The van der Waals surface area contributed by atoms with Gasteiger partial charge in [0.2, 0.25) is 0 Å². The smallest absolute Gasteiger partial charge is 0.406 e. The number of azo groups is 1. The fourth-order valence-electron chi connectivity index (χ4n) is 3.26. The Morgan fingerprint density at radius 1 is 0.973 bits per heavy atom. The Balaban J connectivity index is 1.64. The quantitative estimate of drug-likeness (QED) is 0.169. The Morgan fingerprint density at radius 3 is 2.38 bits per heavy atom. The molecule has 0 aliphatic heterocycles. The van der Waals surface area contributed by atoms with Crippen molar-refractivity contribution in [2.45, 2.75) is 31.1 Å². The van der Waals surface area contributed by atoms with Gasteiger partial charge >= 0.3 is 6.36 Å². The third-order valence-corrected chi connectivity index (χ3v) is 5.67. The highest BCUT2D eigenvalue weighted by Crippen LogP contribution is 2.31. The van der Waals surface area contributed by atoms with Gasteiger partial charge in [-0.1, -0.05) is 41.4 Å². The summed E-state index contributed by atoms with van der Waals surface area (Å²) in [6.07, 6.45) is -2.24. The number of allylic oxidation sites excluding steroid dienone is 2. The maximum absolute atomic E-state index is 14.6. The van der Waals surface area contributed by atoms with E-state index in [-0.39, 0.29) is 46.0 Å². The molecule has 0 saturated heterocycles. The fraction of sp³-hybridized carbons (Fsp3) is 0.217. The first-order valence-electron chi connectivity index (χ1n) is 10.6. The van der Waals surface area contributed by atoms with E-state index in [1.165, 1.54) is 30.3 Å². The van der Waals surface area contributed by atoms with Crippen molar-refractivity contribution in [2.75, 3.05) is 0 Å². The molecule has 14 heteroatoms. The Bertz CT molecular complexity index is 1360. The van der Waals surface area contributed by atoms with Gasteiger partial charge in [0.05, 0.1) is 17.1 Å². The number of nitrogens with zero attached hydrogens (tertiary/aromatic N) is 6. The van der Waals surface area contributed by atoms with Crippen LogP contribution in [0.3, 0.4) is 0 Å². The molecule has 192 valence electrons. The summed E-state index contributed by atoms with van der Waals surface area (Å²) >= 11 is 18.5. The Labute approximate surface area is 222 Å². The number of aromatic nitrogens is 3. The highest BCUT2D eigenvalue weighted by atomic mass is 35.5. The zero-order valence-corrected chi connectivity index (χ0v) is 20.8. The molecule has 1 aliphatic carbocycles. The van der Waals surface area contributed by atoms with Gasteiger partial charge in [-0.15, -0.1) is 29.9 Å². The normalized spacial score (nSPS) is 17.3. The number of rotatable bonds is 6. The summed E-state index contributed by atoms with van der Waals surface area (Å²) in [7, 11) is 0. The molecule has 3 aromatic rings. The monoisotopic (exact) mass is 572 g/mol. The molecule has 0 fully saturated rings. The Kier molecular flexibility index (Phi) is 8.35. The summed E-state index contributed by atoms with van der Waals surface area (Å²) in [6, 6.07) is 9.22. The Morgan fingerprint density at radius 2 is 1.70 bits per heavy atom. The molecule has 2 aromatic carbocycles. The van der Waals surface area contributed by atoms with E-state index < -0.39 is 12.2 Å². The summed E-state index contributed by atoms with van der Waals surface area (Å²) in [5.41, 5.74) is 0.981. The van der Waals surface area contributed by atoms with E-state index in [1.807, 2.05) is 0 Å². The van der Waals surface area contributed by atoms with Gasteiger partial charge in [-0.3, -0.25) is 0 Å². The van der Waals surface area contributed by atoms with Crippen LogP contribution in [0.2, 0.25) is 5.02 Å². The van der Waals surface area contributed by atoms with Crippen LogP contribution in [0.25, 0.3) is 11.4 Å². The van der Waals surface area contributed by atoms with Gasteiger partial charge in [-0.25, -0.2) is 9.38 Å². The first kappa shape index (κ1) is 26.9. The van der Waals surface area contributed by atoms with Gasteiger partial charge < -0.3 is 4.74 Å². The lowest BCUT2D eigenvalue weighted by molar-refractivity contribution is -0.274. The van der Waals surface area contributed by atoms with E-state index in [2.05, 4.69) is 34.9 Å². The molecule has 4 rings (SSSR count). The second kappa shape index (κ2) is 11.5. The van der Waals surface area contributed by atoms with Gasteiger partial charge in [-0.05, 0) is 42.3 Å². The standard InChI is InChI=1S/C23H15Cl3F4N6O/c24-13-8-14(25)10-15(9-13)32-21-33-20(19-17(26)2-1-3-18(19)27)34-22(35-21)36-31-11-12-4-6-16(7-5-12)37-23(28,29)30/h1-7,9,14H,8,10-11H2. The molecule has 0 radical (unpaired) electrons. The molecule has 0 amide bonds. The zero-order chi connectivity index (χ0) is 26.6. The van der Waals surface area contributed by atoms with Crippen LogP contribution in [0, 0.1) is 5.82 Å². The number of benzene rings is 2. The van der Waals surface area contributed by atoms with Crippen LogP contribution >= 0.6 is 34.8 Å². The third-order valence-electron chi connectivity index (χ3n) is 4.78. The third kappa shape index (κ3) is 7.67. The zero-order valence-electron chi connectivity index (χ0n) is 18.6. The summed E-state index contributed by atoms with van der Waals surface area (Å²) in [6.45, 7) is -0.0100. The van der Waals surface area contributed by atoms with Crippen LogP contribution in [0.4, 0.5) is 29.5 Å². The summed E-state index contributed by atoms with van der Waals surface area (Å²) in [5, 5.41) is 8.27. The average Bonchev–Trinajstić information content (AvgIpc) is 2.78. The predicted octanol–water partition coefficient (Wildman–Crippen LogP) is 8.11. The summed E-state index contributed by atoms with van der Waals surface area (Å²) in [4.78, 5) is 16.9. The number of ether oxygens (including phenoxy) is 1. The van der Waals surface area contributed by atoms with Crippen molar-refractivity contribution in [2.24, 2.45) is 15.2 Å². The lowest BCUT2D eigenvalue weighted by Crippen LogP contribution is -2.16. The van der Waals surface area contributed by atoms with Crippen molar-refractivity contribution in [1.29, 1.82) is 0 Å². The molecule has 0 saturated carbocycles. The van der Waals surface area contributed by atoms with Crippen LogP contribution in [0.5, 0.6) is 5.75 Å². The van der Waals surface area contributed by atoms with Gasteiger partial charge in [0.25, 0.3) is 11.9 Å². The first-order chi connectivity index (χ1) is 17.6. The van der Waals surface area contributed by atoms with Crippen molar-refractivity contribution >= 4 is 52.4 Å². The molecule has 0 bridgehead atoms. The van der Waals surface area contributed by atoms with Crippen LogP contribution in [0.15, 0.2) is 68.8 Å². The highest BCUT2D eigenvalue weighted by molar-refractivity contribution is 6.34. The fourth-order valence-corrected chi connectivity index (χ4v) is 4.23. The van der Waals surface area contributed by atoms with Crippen molar-refractivity contribution in [3.05, 3.63) is 70.0 Å². The maximum Gasteiger partial charge on any atom is 0.573 e. The summed E-state index contributed by atoms with van der Waals surface area (Å²) < 4.78 is 55.4. The molecule has 7 nitrogen and oxygen atoms in total. The largest absolute Gasteiger partial charge is 0.573 e. The maximum atomic E-state index is 14.6. The van der Waals surface area contributed by atoms with E-state index in [9.17, 15) is 17.6 Å². The van der Waals surface area contributed by atoms with E-state index in [0.29, 0.717) is 29.1 Å². The van der Waals surface area contributed by atoms with Crippen LogP contribution in [-0.4, -0.2) is 32.4 Å². The molecule has 1 atom stereocenters. The minimum absolute atomic E-state index is 0.0100. The van der Waals surface area contributed by atoms with Crippen LogP contribution < -0.4 is 4.74 Å². The second-order valence-corrected chi connectivity index (χ2v) is 9.16. The van der Waals surface area contributed by atoms with Gasteiger partial charge in [0, 0.05) is 22.5 Å².